The Balaban J connectivity index is 1.39. The standard InChI is InChI=1S/C26H31N3O3/c1-2-32-26(31)28-16-14-19(15-17-28)27-24-21-11-5-6-12-22(21)25(30)29(24)23-13-7-9-18-8-3-4-10-20(18)23/h3-6,8,10-12,19,23-24,27H,2,7,9,13-17H2,1H3/t23-,24-/m0/s1. The molecule has 5 rings (SSSR count). The van der Waals surface area contributed by atoms with Crippen LogP contribution in [0.5, 0.6) is 0 Å². The Labute approximate surface area is 189 Å². The average Bonchev–Trinajstić information content (AvgIpc) is 3.11. The van der Waals surface area contributed by atoms with Crippen molar-refractivity contribution in [1.29, 1.82) is 0 Å². The summed E-state index contributed by atoms with van der Waals surface area (Å²) in [5, 5.41) is 3.80. The van der Waals surface area contributed by atoms with Gasteiger partial charge >= 0.3 is 6.09 Å². The SMILES string of the molecule is CCOC(=O)N1CCC(N[C@@H]2c3ccccc3C(=O)N2[C@H]2CCCc3ccccc32)CC1. The van der Waals surface area contributed by atoms with Crippen molar-refractivity contribution in [2.24, 2.45) is 0 Å². The first-order valence-electron chi connectivity index (χ1n) is 11.8. The molecule has 0 spiro atoms. The van der Waals surface area contributed by atoms with Crippen LogP contribution in [-0.4, -0.2) is 47.5 Å². The summed E-state index contributed by atoms with van der Waals surface area (Å²) in [7, 11) is 0. The number of fused-ring (bicyclic) bond motifs is 2. The van der Waals surface area contributed by atoms with E-state index < -0.39 is 0 Å². The number of carbonyl (C=O) groups is 2. The second-order valence-electron chi connectivity index (χ2n) is 8.94. The fourth-order valence-corrected chi connectivity index (χ4v) is 5.51. The number of likely N-dealkylation sites (tertiary alicyclic amines) is 1. The van der Waals surface area contributed by atoms with E-state index in [4.69, 9.17) is 4.74 Å². The maximum atomic E-state index is 13.6. The van der Waals surface area contributed by atoms with Gasteiger partial charge in [-0.05, 0) is 56.2 Å². The molecule has 1 saturated heterocycles. The number of rotatable bonds is 4. The minimum absolute atomic E-state index is 0.0805. The Morgan fingerprint density at radius 3 is 2.53 bits per heavy atom. The third kappa shape index (κ3) is 3.77. The molecule has 2 amide bonds. The Hall–Kier alpha value is -2.86. The van der Waals surface area contributed by atoms with Crippen molar-refractivity contribution < 1.29 is 14.3 Å². The maximum absolute atomic E-state index is 13.6. The van der Waals surface area contributed by atoms with Crippen molar-refractivity contribution in [2.75, 3.05) is 19.7 Å². The van der Waals surface area contributed by atoms with E-state index in [9.17, 15) is 9.59 Å². The monoisotopic (exact) mass is 433 g/mol. The number of nitrogens with zero attached hydrogens (tertiary/aromatic N) is 2. The third-order valence-corrected chi connectivity index (χ3v) is 7.09. The lowest BCUT2D eigenvalue weighted by Crippen LogP contribution is -2.49. The number of piperidine rings is 1. The molecule has 0 radical (unpaired) electrons. The van der Waals surface area contributed by atoms with Crippen LogP contribution < -0.4 is 5.32 Å². The molecule has 6 nitrogen and oxygen atoms in total. The summed E-state index contributed by atoms with van der Waals surface area (Å²) >= 11 is 0. The minimum atomic E-state index is -0.229. The Morgan fingerprint density at radius 2 is 1.75 bits per heavy atom. The highest BCUT2D eigenvalue weighted by molar-refractivity contribution is 5.99. The number of benzene rings is 2. The second kappa shape index (κ2) is 8.94. The Kier molecular flexibility index (Phi) is 5.87. The molecule has 2 aromatic carbocycles. The lowest BCUT2D eigenvalue weighted by Gasteiger charge is -2.40. The Morgan fingerprint density at radius 1 is 1.03 bits per heavy atom. The van der Waals surface area contributed by atoms with E-state index >= 15 is 0 Å². The fraction of sp³-hybridized carbons (Fsp3) is 0.462. The highest BCUT2D eigenvalue weighted by Crippen LogP contribution is 2.43. The summed E-state index contributed by atoms with van der Waals surface area (Å²) in [5.74, 6) is 0.115. The number of aryl methyl sites for hydroxylation is 1. The van der Waals surface area contributed by atoms with E-state index in [1.54, 1.807) is 4.90 Å². The maximum Gasteiger partial charge on any atom is 0.409 e. The molecule has 2 heterocycles. The van der Waals surface area contributed by atoms with Gasteiger partial charge < -0.3 is 14.5 Å². The van der Waals surface area contributed by atoms with E-state index in [2.05, 4.69) is 40.5 Å². The van der Waals surface area contributed by atoms with Crippen LogP contribution in [0.15, 0.2) is 48.5 Å². The van der Waals surface area contributed by atoms with Gasteiger partial charge in [0.15, 0.2) is 0 Å². The lowest BCUT2D eigenvalue weighted by atomic mass is 9.86. The molecule has 2 aromatic rings. The van der Waals surface area contributed by atoms with Crippen LogP contribution in [-0.2, 0) is 11.2 Å². The van der Waals surface area contributed by atoms with E-state index in [0.717, 1.165) is 43.2 Å². The van der Waals surface area contributed by atoms with Gasteiger partial charge in [-0.1, -0.05) is 42.5 Å². The number of hydrogen-bond donors (Lipinski definition) is 1. The summed E-state index contributed by atoms with van der Waals surface area (Å²) in [4.78, 5) is 29.5. The zero-order valence-electron chi connectivity index (χ0n) is 18.6. The summed E-state index contributed by atoms with van der Waals surface area (Å²) in [5.41, 5.74) is 4.50. The van der Waals surface area contributed by atoms with Gasteiger partial charge in [-0.2, -0.15) is 0 Å². The third-order valence-electron chi connectivity index (χ3n) is 7.09. The molecule has 0 bridgehead atoms. The van der Waals surface area contributed by atoms with Gasteiger partial charge in [-0.3, -0.25) is 10.1 Å². The molecule has 2 aliphatic heterocycles. The van der Waals surface area contributed by atoms with Crippen molar-refractivity contribution in [3.63, 3.8) is 0 Å². The van der Waals surface area contributed by atoms with Crippen LogP contribution in [0, 0.1) is 0 Å². The van der Waals surface area contributed by atoms with Crippen LogP contribution in [0.1, 0.15) is 71.9 Å². The van der Waals surface area contributed by atoms with Crippen molar-refractivity contribution in [3.05, 3.63) is 70.8 Å². The van der Waals surface area contributed by atoms with Gasteiger partial charge in [0.25, 0.3) is 5.91 Å². The normalized spacial score (nSPS) is 23.1. The molecule has 0 aromatic heterocycles. The van der Waals surface area contributed by atoms with Crippen molar-refractivity contribution in [2.45, 2.75) is 57.3 Å². The molecule has 0 unspecified atom stereocenters. The number of nitrogens with one attached hydrogen (secondary N) is 1. The van der Waals surface area contributed by atoms with Crippen LogP contribution in [0.2, 0.25) is 0 Å². The van der Waals surface area contributed by atoms with Gasteiger partial charge in [0.2, 0.25) is 0 Å². The van der Waals surface area contributed by atoms with E-state index in [0.29, 0.717) is 19.7 Å². The first-order chi connectivity index (χ1) is 15.7. The summed E-state index contributed by atoms with van der Waals surface area (Å²) < 4.78 is 5.15. The predicted octanol–water partition coefficient (Wildman–Crippen LogP) is 4.43. The molecule has 1 fully saturated rings. The quantitative estimate of drug-likeness (QED) is 0.775. The second-order valence-corrected chi connectivity index (χ2v) is 8.94. The molecular formula is C26H31N3O3. The van der Waals surface area contributed by atoms with Gasteiger partial charge in [-0.15, -0.1) is 0 Å². The van der Waals surface area contributed by atoms with Crippen LogP contribution in [0.3, 0.4) is 0 Å². The summed E-state index contributed by atoms with van der Waals surface area (Å²) in [6.45, 7) is 3.57. The first-order valence-corrected chi connectivity index (χ1v) is 11.8. The van der Waals surface area contributed by atoms with Crippen molar-refractivity contribution in [1.82, 2.24) is 15.1 Å². The van der Waals surface area contributed by atoms with Crippen LogP contribution in [0.4, 0.5) is 4.79 Å². The van der Waals surface area contributed by atoms with Gasteiger partial charge in [0, 0.05) is 30.3 Å². The number of carbonyl (C=O) groups excluding carboxylic acids is 2. The zero-order chi connectivity index (χ0) is 22.1. The highest BCUT2D eigenvalue weighted by atomic mass is 16.6. The minimum Gasteiger partial charge on any atom is -0.450 e. The van der Waals surface area contributed by atoms with Gasteiger partial charge in [0.1, 0.15) is 6.17 Å². The number of ether oxygens (including phenoxy) is 1. The molecule has 32 heavy (non-hydrogen) atoms. The van der Waals surface area contributed by atoms with Crippen molar-refractivity contribution >= 4 is 12.0 Å². The topological polar surface area (TPSA) is 61.9 Å². The fourth-order valence-electron chi connectivity index (χ4n) is 5.51. The highest BCUT2D eigenvalue weighted by Gasteiger charge is 2.43. The molecule has 3 aliphatic rings. The van der Waals surface area contributed by atoms with Crippen molar-refractivity contribution in [3.8, 4) is 0 Å². The van der Waals surface area contributed by atoms with Gasteiger partial charge in [0.05, 0.1) is 12.6 Å². The van der Waals surface area contributed by atoms with E-state index in [1.165, 1.54) is 11.1 Å². The van der Waals surface area contributed by atoms with Crippen LogP contribution >= 0.6 is 0 Å². The molecule has 2 atom stereocenters. The first kappa shape index (κ1) is 21.0. The van der Waals surface area contributed by atoms with E-state index in [1.807, 2.05) is 25.1 Å². The molecule has 1 N–H and O–H groups in total. The molecule has 6 heteroatoms. The molecule has 168 valence electrons. The summed E-state index contributed by atoms with van der Waals surface area (Å²) in [6, 6.07) is 16.9. The number of amides is 2. The Bertz CT molecular complexity index is 999. The predicted molar refractivity (Wildman–Crippen MR) is 122 cm³/mol. The number of hydrogen-bond acceptors (Lipinski definition) is 4. The zero-order valence-corrected chi connectivity index (χ0v) is 18.6. The summed E-state index contributed by atoms with van der Waals surface area (Å²) in [6.07, 6.45) is 4.47. The molecule has 0 saturated carbocycles. The molecular weight excluding hydrogens is 402 g/mol. The lowest BCUT2D eigenvalue weighted by molar-refractivity contribution is 0.0504. The average molecular weight is 434 g/mol. The van der Waals surface area contributed by atoms with E-state index in [-0.39, 0.29) is 30.2 Å². The van der Waals surface area contributed by atoms with Crippen LogP contribution in [0.25, 0.3) is 0 Å². The largest absolute Gasteiger partial charge is 0.450 e. The molecule has 1 aliphatic carbocycles. The van der Waals surface area contributed by atoms with Gasteiger partial charge in [-0.25, -0.2) is 4.79 Å². The smallest absolute Gasteiger partial charge is 0.409 e.